The van der Waals surface area contributed by atoms with Crippen molar-refractivity contribution in [3.8, 4) is 0 Å². The summed E-state index contributed by atoms with van der Waals surface area (Å²) in [6.45, 7) is 2.58. The maximum absolute atomic E-state index is 11.8. The number of rotatable bonds is 6. The molecule has 0 bridgehead atoms. The van der Waals surface area contributed by atoms with Gasteiger partial charge in [0.05, 0.1) is 0 Å². The van der Waals surface area contributed by atoms with E-state index in [0.717, 1.165) is 31.5 Å². The van der Waals surface area contributed by atoms with E-state index in [1.54, 1.807) is 0 Å². The maximum Gasteiger partial charge on any atom is 0.314 e. The van der Waals surface area contributed by atoms with Crippen LogP contribution in [-0.4, -0.2) is 43.0 Å². The Kier molecular flexibility index (Phi) is 6.52. The highest BCUT2D eigenvalue weighted by atomic mass is 35.5. The third-order valence-electron chi connectivity index (χ3n) is 3.72. The van der Waals surface area contributed by atoms with Gasteiger partial charge in [0.25, 0.3) is 0 Å². The molecule has 0 aromatic heterocycles. The zero-order valence-electron chi connectivity index (χ0n) is 12.6. The highest BCUT2D eigenvalue weighted by Gasteiger charge is 2.17. The van der Waals surface area contributed by atoms with Crippen LogP contribution in [0.3, 0.4) is 0 Å². The second kappa shape index (κ2) is 8.63. The van der Waals surface area contributed by atoms with Crippen molar-refractivity contribution in [2.24, 2.45) is 0 Å². The number of carbonyl (C=O) groups is 2. The third-order valence-corrected chi connectivity index (χ3v) is 4.09. The lowest BCUT2D eigenvalue weighted by Crippen LogP contribution is -2.39. The van der Waals surface area contributed by atoms with Crippen molar-refractivity contribution in [3.05, 3.63) is 34.9 Å². The van der Waals surface area contributed by atoms with Gasteiger partial charge < -0.3 is 15.5 Å². The van der Waals surface area contributed by atoms with Crippen LogP contribution in [0.15, 0.2) is 24.3 Å². The molecule has 1 aliphatic heterocycles. The van der Waals surface area contributed by atoms with Crippen molar-refractivity contribution in [1.29, 1.82) is 0 Å². The average molecular weight is 324 g/mol. The van der Waals surface area contributed by atoms with Crippen LogP contribution in [0.4, 0.5) is 4.79 Å². The molecule has 0 spiro atoms. The van der Waals surface area contributed by atoms with E-state index < -0.39 is 0 Å². The van der Waals surface area contributed by atoms with Crippen LogP contribution >= 0.6 is 11.6 Å². The number of urea groups is 1. The Morgan fingerprint density at radius 3 is 2.50 bits per heavy atom. The first-order valence-electron chi connectivity index (χ1n) is 7.69. The van der Waals surface area contributed by atoms with E-state index >= 15 is 0 Å². The summed E-state index contributed by atoms with van der Waals surface area (Å²) in [5.74, 6) is 0.119. The van der Waals surface area contributed by atoms with E-state index in [4.69, 9.17) is 11.6 Å². The Balaban J connectivity index is 1.58. The lowest BCUT2D eigenvalue weighted by molar-refractivity contribution is -0.129. The van der Waals surface area contributed by atoms with Crippen molar-refractivity contribution in [2.75, 3.05) is 26.2 Å². The van der Waals surface area contributed by atoms with Gasteiger partial charge in [-0.1, -0.05) is 29.8 Å². The predicted molar refractivity (Wildman–Crippen MR) is 87.0 cm³/mol. The standard InChI is InChI=1S/C16H22ClN3O2/c17-14-6-2-1-5-13(14)7-9-18-16(22)19-10-8-15(21)20-11-3-4-12-20/h1-2,5-6H,3-4,7-12H2,(H2,18,19,22). The van der Waals surface area contributed by atoms with Crippen molar-refractivity contribution < 1.29 is 9.59 Å². The topological polar surface area (TPSA) is 61.4 Å². The van der Waals surface area contributed by atoms with E-state index in [0.29, 0.717) is 31.0 Å². The Bertz CT molecular complexity index is 516. The largest absolute Gasteiger partial charge is 0.343 e. The van der Waals surface area contributed by atoms with Gasteiger partial charge in [-0.05, 0) is 30.9 Å². The minimum Gasteiger partial charge on any atom is -0.343 e. The molecular weight excluding hydrogens is 302 g/mol. The van der Waals surface area contributed by atoms with E-state index in [9.17, 15) is 9.59 Å². The lowest BCUT2D eigenvalue weighted by atomic mass is 10.1. The maximum atomic E-state index is 11.8. The second-order valence-corrected chi connectivity index (χ2v) is 5.77. The van der Waals surface area contributed by atoms with Gasteiger partial charge in [0.2, 0.25) is 5.91 Å². The minimum absolute atomic E-state index is 0.119. The van der Waals surface area contributed by atoms with E-state index in [2.05, 4.69) is 10.6 Å². The van der Waals surface area contributed by atoms with Crippen LogP contribution in [0.2, 0.25) is 5.02 Å². The second-order valence-electron chi connectivity index (χ2n) is 5.36. The van der Waals surface area contributed by atoms with Crippen molar-refractivity contribution in [2.45, 2.75) is 25.7 Å². The van der Waals surface area contributed by atoms with Crippen molar-refractivity contribution >= 4 is 23.5 Å². The minimum atomic E-state index is -0.249. The summed E-state index contributed by atoms with van der Waals surface area (Å²) < 4.78 is 0. The van der Waals surface area contributed by atoms with Crippen molar-refractivity contribution in [3.63, 3.8) is 0 Å². The summed E-state index contributed by atoms with van der Waals surface area (Å²) in [4.78, 5) is 25.3. The van der Waals surface area contributed by atoms with Gasteiger partial charge in [-0.15, -0.1) is 0 Å². The van der Waals surface area contributed by atoms with Crippen LogP contribution < -0.4 is 10.6 Å². The van der Waals surface area contributed by atoms with Crippen molar-refractivity contribution in [1.82, 2.24) is 15.5 Å². The number of benzene rings is 1. The number of hydrogen-bond donors (Lipinski definition) is 2. The summed E-state index contributed by atoms with van der Waals surface area (Å²) >= 11 is 6.05. The first-order chi connectivity index (χ1) is 10.7. The van der Waals surface area contributed by atoms with Crippen LogP contribution in [-0.2, 0) is 11.2 Å². The number of hydrogen-bond acceptors (Lipinski definition) is 2. The molecule has 5 nitrogen and oxygen atoms in total. The molecular formula is C16H22ClN3O2. The number of amides is 3. The lowest BCUT2D eigenvalue weighted by Gasteiger charge is -2.15. The molecule has 1 aromatic carbocycles. The number of nitrogens with zero attached hydrogens (tertiary/aromatic N) is 1. The molecule has 1 aromatic rings. The van der Waals surface area contributed by atoms with Gasteiger partial charge in [0, 0.05) is 37.6 Å². The van der Waals surface area contributed by atoms with Gasteiger partial charge >= 0.3 is 6.03 Å². The molecule has 22 heavy (non-hydrogen) atoms. The van der Waals surface area contributed by atoms with E-state index in [-0.39, 0.29) is 11.9 Å². The molecule has 0 radical (unpaired) electrons. The molecule has 0 atom stereocenters. The van der Waals surface area contributed by atoms with E-state index in [1.165, 1.54) is 0 Å². The van der Waals surface area contributed by atoms with Gasteiger partial charge in [-0.25, -0.2) is 4.79 Å². The molecule has 1 fully saturated rings. The van der Waals surface area contributed by atoms with Gasteiger partial charge in [-0.3, -0.25) is 4.79 Å². The summed E-state index contributed by atoms with van der Waals surface area (Å²) in [5.41, 5.74) is 1.01. The number of likely N-dealkylation sites (tertiary alicyclic amines) is 1. The fourth-order valence-electron chi connectivity index (χ4n) is 2.48. The van der Waals surface area contributed by atoms with Gasteiger partial charge in [-0.2, -0.15) is 0 Å². The smallest absolute Gasteiger partial charge is 0.314 e. The Labute approximate surface area is 136 Å². The highest BCUT2D eigenvalue weighted by molar-refractivity contribution is 6.31. The summed E-state index contributed by atoms with van der Waals surface area (Å²) in [6.07, 6.45) is 3.21. The molecule has 1 heterocycles. The number of carbonyl (C=O) groups excluding carboxylic acids is 2. The number of nitrogens with one attached hydrogen (secondary N) is 2. The Morgan fingerprint density at radius 1 is 1.09 bits per heavy atom. The molecule has 0 saturated carbocycles. The molecule has 120 valence electrons. The average Bonchev–Trinajstić information content (AvgIpc) is 3.03. The van der Waals surface area contributed by atoms with Crippen LogP contribution in [0.1, 0.15) is 24.8 Å². The van der Waals surface area contributed by atoms with Gasteiger partial charge in [0.1, 0.15) is 0 Å². The SMILES string of the molecule is O=C(NCCC(=O)N1CCCC1)NCCc1ccccc1Cl. The molecule has 1 saturated heterocycles. The quantitative estimate of drug-likeness (QED) is 0.843. The molecule has 0 aliphatic carbocycles. The van der Waals surface area contributed by atoms with Gasteiger partial charge in [0.15, 0.2) is 0 Å². The molecule has 0 unspecified atom stereocenters. The van der Waals surface area contributed by atoms with Crippen LogP contribution in [0.25, 0.3) is 0 Å². The fourth-order valence-corrected chi connectivity index (χ4v) is 2.71. The summed E-state index contributed by atoms with van der Waals surface area (Å²) in [7, 11) is 0. The zero-order valence-corrected chi connectivity index (χ0v) is 13.4. The summed E-state index contributed by atoms with van der Waals surface area (Å²) in [6, 6.07) is 7.33. The molecule has 2 rings (SSSR count). The predicted octanol–water partition coefficient (Wildman–Crippen LogP) is 2.19. The highest BCUT2D eigenvalue weighted by Crippen LogP contribution is 2.14. The first-order valence-corrected chi connectivity index (χ1v) is 8.07. The van der Waals surface area contributed by atoms with E-state index in [1.807, 2.05) is 29.2 Å². The Morgan fingerprint density at radius 2 is 1.77 bits per heavy atom. The molecule has 6 heteroatoms. The first kappa shape index (κ1) is 16.6. The summed E-state index contributed by atoms with van der Waals surface area (Å²) in [5, 5.41) is 6.18. The molecule has 3 amide bonds. The zero-order chi connectivity index (χ0) is 15.8. The normalized spacial score (nSPS) is 14.0. The fraction of sp³-hybridized carbons (Fsp3) is 0.500. The van der Waals surface area contributed by atoms with Crippen LogP contribution in [0, 0.1) is 0 Å². The monoisotopic (exact) mass is 323 g/mol. The van der Waals surface area contributed by atoms with Crippen LogP contribution in [0.5, 0.6) is 0 Å². The molecule has 2 N–H and O–H groups in total. The number of halogens is 1. The molecule has 1 aliphatic rings. The third kappa shape index (κ3) is 5.22. The Hall–Kier alpha value is -1.75.